The molecular weight excluding hydrogens is 352 g/mol. The second-order valence-corrected chi connectivity index (χ2v) is 7.41. The van der Waals surface area contributed by atoms with Gasteiger partial charge in [0.15, 0.2) is 11.5 Å². The van der Waals surface area contributed by atoms with Crippen molar-refractivity contribution in [2.45, 2.75) is 33.1 Å². The van der Waals surface area contributed by atoms with E-state index in [0.717, 1.165) is 61.7 Å². The van der Waals surface area contributed by atoms with E-state index >= 15 is 0 Å². The van der Waals surface area contributed by atoms with Gasteiger partial charge in [-0.05, 0) is 44.4 Å². The number of amides is 1. The smallest absolute Gasteiger partial charge is 0.223 e. The third kappa shape index (κ3) is 3.69. The number of hydrogen-bond donors (Lipinski definition) is 1. The molecule has 4 rings (SSSR count). The first-order valence-corrected chi connectivity index (χ1v) is 9.98. The molecule has 1 aromatic carbocycles. The highest BCUT2D eigenvalue weighted by atomic mass is 16.1. The van der Waals surface area contributed by atoms with Crippen LogP contribution in [0.2, 0.25) is 0 Å². The molecule has 1 amide bonds. The lowest BCUT2D eigenvalue weighted by Crippen LogP contribution is -2.41. The highest BCUT2D eigenvalue weighted by Crippen LogP contribution is 2.24. The summed E-state index contributed by atoms with van der Waals surface area (Å²) >= 11 is 0. The van der Waals surface area contributed by atoms with Gasteiger partial charge in [0.25, 0.3) is 0 Å². The summed E-state index contributed by atoms with van der Waals surface area (Å²) in [6.07, 6.45) is 2.67. The zero-order valence-electron chi connectivity index (χ0n) is 16.4. The van der Waals surface area contributed by atoms with Crippen LogP contribution in [0.4, 0.5) is 5.82 Å². The van der Waals surface area contributed by atoms with Gasteiger partial charge in [-0.1, -0.05) is 30.7 Å². The number of fused-ring (bicyclic) bond motifs is 1. The molecule has 0 unspecified atom stereocenters. The van der Waals surface area contributed by atoms with E-state index in [0.29, 0.717) is 0 Å². The van der Waals surface area contributed by atoms with Gasteiger partial charge < -0.3 is 10.2 Å². The van der Waals surface area contributed by atoms with Crippen molar-refractivity contribution >= 4 is 17.4 Å². The number of nitrogens with one attached hydrogen (secondary N) is 1. The molecule has 0 radical (unpaired) electrons. The Hall–Kier alpha value is -2.96. The Kier molecular flexibility index (Phi) is 5.23. The van der Waals surface area contributed by atoms with Gasteiger partial charge in [-0.2, -0.15) is 4.52 Å². The number of carbonyl (C=O) groups excluding carboxylic acids is 1. The van der Waals surface area contributed by atoms with E-state index in [9.17, 15) is 4.79 Å². The molecule has 7 nitrogen and oxygen atoms in total. The summed E-state index contributed by atoms with van der Waals surface area (Å²) in [6, 6.07) is 12.1. The number of nitrogens with zero attached hydrogens (tertiary/aromatic N) is 5. The van der Waals surface area contributed by atoms with Crippen LogP contribution in [0, 0.1) is 12.8 Å². The van der Waals surface area contributed by atoms with Crippen LogP contribution >= 0.6 is 0 Å². The quantitative estimate of drug-likeness (QED) is 0.739. The van der Waals surface area contributed by atoms with E-state index in [1.54, 1.807) is 0 Å². The summed E-state index contributed by atoms with van der Waals surface area (Å²) in [4.78, 5) is 14.4. The Balaban J connectivity index is 1.53. The lowest BCUT2D eigenvalue weighted by atomic mass is 9.96. The first-order valence-electron chi connectivity index (χ1n) is 9.98. The van der Waals surface area contributed by atoms with E-state index in [4.69, 9.17) is 5.10 Å². The van der Waals surface area contributed by atoms with Crippen LogP contribution in [-0.2, 0) is 4.79 Å². The van der Waals surface area contributed by atoms with Crippen molar-refractivity contribution in [3.05, 3.63) is 42.0 Å². The molecule has 3 aromatic rings. The number of carbonyl (C=O) groups is 1. The fraction of sp³-hybridized carbons (Fsp3) is 0.429. The molecular formula is C21H26N6O. The molecule has 0 bridgehead atoms. The maximum atomic E-state index is 12.2. The second-order valence-electron chi connectivity index (χ2n) is 7.41. The zero-order valence-corrected chi connectivity index (χ0v) is 16.4. The first-order chi connectivity index (χ1) is 13.7. The largest absolute Gasteiger partial charge is 0.356 e. The van der Waals surface area contributed by atoms with Crippen LogP contribution in [0.3, 0.4) is 0 Å². The summed E-state index contributed by atoms with van der Waals surface area (Å²) in [6.45, 7) is 6.54. The molecule has 146 valence electrons. The molecule has 1 aliphatic heterocycles. The zero-order chi connectivity index (χ0) is 19.5. The van der Waals surface area contributed by atoms with E-state index in [-0.39, 0.29) is 11.8 Å². The van der Waals surface area contributed by atoms with Crippen molar-refractivity contribution < 1.29 is 4.79 Å². The fourth-order valence-electron chi connectivity index (χ4n) is 3.68. The van der Waals surface area contributed by atoms with Crippen molar-refractivity contribution in [1.82, 2.24) is 25.1 Å². The molecule has 0 saturated carbocycles. The summed E-state index contributed by atoms with van der Waals surface area (Å²) in [7, 11) is 0. The van der Waals surface area contributed by atoms with Gasteiger partial charge in [0.1, 0.15) is 5.82 Å². The predicted molar refractivity (Wildman–Crippen MR) is 109 cm³/mol. The Morgan fingerprint density at radius 3 is 2.75 bits per heavy atom. The minimum Gasteiger partial charge on any atom is -0.356 e. The van der Waals surface area contributed by atoms with Crippen LogP contribution < -0.4 is 10.2 Å². The number of piperidine rings is 1. The minimum absolute atomic E-state index is 0.101. The Morgan fingerprint density at radius 2 is 2.00 bits per heavy atom. The monoisotopic (exact) mass is 378 g/mol. The van der Waals surface area contributed by atoms with E-state index in [2.05, 4.69) is 46.4 Å². The normalized spacial score (nSPS) is 15.1. The number of aromatic nitrogens is 4. The number of rotatable bonds is 5. The Morgan fingerprint density at radius 1 is 1.18 bits per heavy atom. The number of aryl methyl sites for hydroxylation is 1. The minimum atomic E-state index is 0.101. The maximum Gasteiger partial charge on any atom is 0.223 e. The van der Waals surface area contributed by atoms with E-state index < -0.39 is 0 Å². The summed E-state index contributed by atoms with van der Waals surface area (Å²) in [5.41, 5.74) is 2.91. The lowest BCUT2D eigenvalue weighted by Gasteiger charge is -2.32. The summed E-state index contributed by atoms with van der Waals surface area (Å²) < 4.78 is 1.81. The highest BCUT2D eigenvalue weighted by Gasteiger charge is 2.25. The lowest BCUT2D eigenvalue weighted by molar-refractivity contribution is -0.125. The third-order valence-electron chi connectivity index (χ3n) is 5.26. The Bertz CT molecular complexity index is 974. The van der Waals surface area contributed by atoms with Gasteiger partial charge >= 0.3 is 0 Å². The molecule has 2 aromatic heterocycles. The standard InChI is InChI=1S/C21H26N6O/c1-3-11-22-21(28)16-9-12-26(13-10-16)19-8-7-18-23-24-20(27(18)25-19)17-6-4-5-15(2)14-17/h4-8,14,16H,3,9-13H2,1-2H3,(H,22,28). The summed E-state index contributed by atoms with van der Waals surface area (Å²) in [5, 5.41) is 16.4. The number of hydrogen-bond acceptors (Lipinski definition) is 5. The van der Waals surface area contributed by atoms with Gasteiger partial charge in [-0.3, -0.25) is 4.79 Å². The van der Waals surface area contributed by atoms with Crippen molar-refractivity contribution in [2.75, 3.05) is 24.5 Å². The summed E-state index contributed by atoms with van der Waals surface area (Å²) in [5.74, 6) is 1.93. The second kappa shape index (κ2) is 7.96. The molecule has 1 aliphatic rings. The molecule has 0 atom stereocenters. The molecule has 0 aliphatic carbocycles. The van der Waals surface area contributed by atoms with Gasteiger partial charge in [-0.25, -0.2) is 0 Å². The molecule has 3 heterocycles. The van der Waals surface area contributed by atoms with Crippen LogP contribution in [0.5, 0.6) is 0 Å². The first kappa shape index (κ1) is 18.4. The highest BCUT2D eigenvalue weighted by molar-refractivity contribution is 5.78. The number of anilines is 1. The van der Waals surface area contributed by atoms with Gasteiger partial charge in [0.2, 0.25) is 5.91 Å². The van der Waals surface area contributed by atoms with Crippen LogP contribution in [0.15, 0.2) is 36.4 Å². The third-order valence-corrected chi connectivity index (χ3v) is 5.26. The molecule has 1 fully saturated rings. The fourth-order valence-corrected chi connectivity index (χ4v) is 3.68. The van der Waals surface area contributed by atoms with Crippen molar-refractivity contribution in [3.8, 4) is 11.4 Å². The molecule has 1 saturated heterocycles. The average Bonchev–Trinajstić information content (AvgIpc) is 3.15. The molecule has 7 heteroatoms. The van der Waals surface area contributed by atoms with Gasteiger partial charge in [-0.15, -0.1) is 15.3 Å². The predicted octanol–water partition coefficient (Wildman–Crippen LogP) is 2.84. The Labute approximate surface area is 164 Å². The van der Waals surface area contributed by atoms with Crippen molar-refractivity contribution in [2.24, 2.45) is 5.92 Å². The van der Waals surface area contributed by atoms with Crippen LogP contribution in [0.25, 0.3) is 17.0 Å². The maximum absolute atomic E-state index is 12.2. The van der Waals surface area contributed by atoms with Crippen LogP contribution in [-0.4, -0.2) is 45.4 Å². The van der Waals surface area contributed by atoms with Crippen molar-refractivity contribution in [1.29, 1.82) is 0 Å². The molecule has 1 N–H and O–H groups in total. The molecule has 0 spiro atoms. The van der Waals surface area contributed by atoms with E-state index in [1.165, 1.54) is 5.56 Å². The topological polar surface area (TPSA) is 75.4 Å². The average molecular weight is 378 g/mol. The van der Waals surface area contributed by atoms with Crippen LogP contribution in [0.1, 0.15) is 31.7 Å². The van der Waals surface area contributed by atoms with Gasteiger partial charge in [0.05, 0.1) is 0 Å². The molecule has 28 heavy (non-hydrogen) atoms. The van der Waals surface area contributed by atoms with Gasteiger partial charge in [0, 0.05) is 31.1 Å². The van der Waals surface area contributed by atoms with E-state index in [1.807, 2.05) is 28.8 Å². The SMILES string of the molecule is CCCNC(=O)C1CCN(c2ccc3nnc(-c4cccc(C)c4)n3n2)CC1. The van der Waals surface area contributed by atoms with Crippen molar-refractivity contribution in [3.63, 3.8) is 0 Å². The number of benzene rings is 1.